The molecule has 0 fully saturated rings. The summed E-state index contributed by atoms with van der Waals surface area (Å²) in [6.07, 6.45) is 5.91. The molecule has 108 valence electrons. The molecule has 0 aliphatic rings. The fourth-order valence-corrected chi connectivity index (χ4v) is 2.19. The van der Waals surface area contributed by atoms with Gasteiger partial charge < -0.3 is 14.4 Å². The molecular weight excluding hydrogens is 244 g/mol. The Kier molecular flexibility index (Phi) is 6.56. The lowest BCUT2D eigenvalue weighted by Crippen LogP contribution is -2.25. The summed E-state index contributed by atoms with van der Waals surface area (Å²) in [7, 11) is 1.36. The highest BCUT2D eigenvalue weighted by molar-refractivity contribution is 5.73. The summed E-state index contributed by atoms with van der Waals surface area (Å²) in [4.78, 5) is 15.9. The van der Waals surface area contributed by atoms with E-state index >= 15 is 0 Å². The van der Waals surface area contributed by atoms with Gasteiger partial charge in [0.2, 0.25) is 0 Å². The van der Waals surface area contributed by atoms with Gasteiger partial charge in [-0.2, -0.15) is 0 Å². The van der Waals surface area contributed by atoms with Crippen molar-refractivity contribution in [2.45, 2.75) is 52.2 Å². The van der Waals surface area contributed by atoms with Crippen molar-refractivity contribution in [1.82, 2.24) is 9.55 Å². The largest absolute Gasteiger partial charge is 0.469 e. The van der Waals surface area contributed by atoms with Gasteiger partial charge in [0.1, 0.15) is 6.10 Å². The Bertz CT molecular complexity index is 390. The third-order valence-corrected chi connectivity index (χ3v) is 3.27. The fourth-order valence-electron chi connectivity index (χ4n) is 2.19. The van der Waals surface area contributed by atoms with Crippen molar-refractivity contribution in [1.29, 1.82) is 0 Å². The van der Waals surface area contributed by atoms with Gasteiger partial charge in [0, 0.05) is 6.54 Å². The van der Waals surface area contributed by atoms with Crippen LogP contribution in [-0.2, 0) is 16.1 Å². The number of hydrogen-bond acceptors (Lipinski definition) is 4. The first-order chi connectivity index (χ1) is 9.15. The number of aliphatic hydroxyl groups is 1. The third-order valence-electron chi connectivity index (χ3n) is 3.27. The number of ether oxygens (including phenoxy) is 1. The Morgan fingerprint density at radius 2 is 2.21 bits per heavy atom. The molecule has 0 amide bonds. The van der Waals surface area contributed by atoms with Gasteiger partial charge in [-0.15, -0.1) is 0 Å². The average molecular weight is 268 g/mol. The van der Waals surface area contributed by atoms with Crippen LogP contribution < -0.4 is 0 Å². The topological polar surface area (TPSA) is 64.3 Å². The number of methoxy groups -OCH3 is 1. The summed E-state index contributed by atoms with van der Waals surface area (Å²) in [6.45, 7) is 4.90. The van der Waals surface area contributed by atoms with Gasteiger partial charge in [0.25, 0.3) is 0 Å². The number of aryl methyl sites for hydroxylation is 1. The van der Waals surface area contributed by atoms with Crippen LogP contribution in [0.4, 0.5) is 0 Å². The SMILES string of the molecule is CCCCC(C(=O)OC)C(O)c1cncn1CCC. The maximum atomic E-state index is 11.8. The minimum absolute atomic E-state index is 0.356. The molecule has 1 aromatic heterocycles. The molecular formula is C14H24N2O3. The molecule has 5 nitrogen and oxygen atoms in total. The second-order valence-corrected chi connectivity index (χ2v) is 4.73. The molecule has 2 unspecified atom stereocenters. The first-order valence-corrected chi connectivity index (χ1v) is 6.91. The highest BCUT2D eigenvalue weighted by Crippen LogP contribution is 2.27. The van der Waals surface area contributed by atoms with Crippen LogP contribution in [-0.4, -0.2) is 27.7 Å². The van der Waals surface area contributed by atoms with E-state index < -0.39 is 12.0 Å². The maximum absolute atomic E-state index is 11.8. The van der Waals surface area contributed by atoms with E-state index in [-0.39, 0.29) is 5.97 Å². The summed E-state index contributed by atoms with van der Waals surface area (Å²) in [5, 5.41) is 10.4. The number of nitrogens with zero attached hydrogens (tertiary/aromatic N) is 2. The molecule has 19 heavy (non-hydrogen) atoms. The Balaban J connectivity index is 2.87. The van der Waals surface area contributed by atoms with E-state index in [2.05, 4.69) is 18.8 Å². The predicted octanol–water partition coefficient (Wildman–Crippen LogP) is 2.31. The number of rotatable bonds is 8. The second-order valence-electron chi connectivity index (χ2n) is 4.73. The molecule has 1 heterocycles. The first kappa shape index (κ1) is 15.7. The summed E-state index contributed by atoms with van der Waals surface area (Å²) >= 11 is 0. The van der Waals surface area contributed by atoms with Crippen molar-refractivity contribution in [3.63, 3.8) is 0 Å². The summed E-state index contributed by atoms with van der Waals surface area (Å²) < 4.78 is 6.70. The molecule has 0 aliphatic heterocycles. The molecule has 0 aliphatic carbocycles. The lowest BCUT2D eigenvalue weighted by Gasteiger charge is -2.21. The molecule has 0 spiro atoms. The maximum Gasteiger partial charge on any atom is 0.311 e. The Hall–Kier alpha value is -1.36. The lowest BCUT2D eigenvalue weighted by atomic mass is 9.94. The van der Waals surface area contributed by atoms with E-state index in [1.54, 1.807) is 12.5 Å². The second kappa shape index (κ2) is 7.94. The zero-order chi connectivity index (χ0) is 14.3. The van der Waals surface area contributed by atoms with Crippen molar-refractivity contribution in [2.24, 2.45) is 5.92 Å². The number of aromatic nitrogens is 2. The van der Waals surface area contributed by atoms with Crippen LogP contribution >= 0.6 is 0 Å². The highest BCUT2D eigenvalue weighted by Gasteiger charge is 2.30. The highest BCUT2D eigenvalue weighted by atomic mass is 16.5. The standard InChI is InChI=1S/C14H24N2O3/c1-4-6-7-11(14(18)19-3)13(17)12-9-15-10-16(12)8-5-2/h9-11,13,17H,4-8H2,1-3H3. The van der Waals surface area contributed by atoms with Gasteiger partial charge >= 0.3 is 5.97 Å². The van der Waals surface area contributed by atoms with Gasteiger partial charge in [-0.3, -0.25) is 4.79 Å². The predicted molar refractivity (Wildman–Crippen MR) is 72.5 cm³/mol. The van der Waals surface area contributed by atoms with Crippen LogP contribution in [0, 0.1) is 5.92 Å². The number of aliphatic hydroxyl groups excluding tert-OH is 1. The van der Waals surface area contributed by atoms with E-state index in [0.29, 0.717) is 12.1 Å². The zero-order valence-corrected chi connectivity index (χ0v) is 12.0. The van der Waals surface area contributed by atoms with Gasteiger partial charge in [-0.05, 0) is 12.8 Å². The van der Waals surface area contributed by atoms with Crippen molar-refractivity contribution in [3.05, 3.63) is 18.2 Å². The van der Waals surface area contributed by atoms with E-state index in [0.717, 1.165) is 25.8 Å². The van der Waals surface area contributed by atoms with Crippen LogP contribution in [0.3, 0.4) is 0 Å². The molecule has 5 heteroatoms. The number of carbonyl (C=O) groups is 1. The Labute approximate surface area is 114 Å². The summed E-state index contributed by atoms with van der Waals surface area (Å²) in [5.74, 6) is -0.873. The number of unbranched alkanes of at least 4 members (excludes halogenated alkanes) is 1. The summed E-state index contributed by atoms with van der Waals surface area (Å²) in [6, 6.07) is 0. The van der Waals surface area contributed by atoms with E-state index in [4.69, 9.17) is 4.74 Å². The minimum atomic E-state index is -0.854. The Morgan fingerprint density at radius 3 is 2.79 bits per heavy atom. The molecule has 0 radical (unpaired) electrons. The molecule has 2 atom stereocenters. The van der Waals surface area contributed by atoms with E-state index in [1.807, 2.05) is 4.57 Å². The van der Waals surface area contributed by atoms with Crippen LogP contribution in [0.25, 0.3) is 0 Å². The smallest absolute Gasteiger partial charge is 0.311 e. The van der Waals surface area contributed by atoms with Gasteiger partial charge in [0.05, 0.1) is 31.2 Å². The molecule has 1 rings (SSSR count). The normalized spacial score (nSPS) is 14.1. The quantitative estimate of drug-likeness (QED) is 0.735. The molecule has 0 bridgehead atoms. The zero-order valence-electron chi connectivity index (χ0n) is 12.0. The van der Waals surface area contributed by atoms with Crippen LogP contribution in [0.2, 0.25) is 0 Å². The van der Waals surface area contributed by atoms with Crippen molar-refractivity contribution < 1.29 is 14.6 Å². The number of imidazole rings is 1. The molecule has 0 saturated carbocycles. The number of hydrogen-bond donors (Lipinski definition) is 1. The van der Waals surface area contributed by atoms with Gasteiger partial charge in [-0.25, -0.2) is 4.98 Å². The minimum Gasteiger partial charge on any atom is -0.469 e. The monoisotopic (exact) mass is 268 g/mol. The van der Waals surface area contributed by atoms with Gasteiger partial charge in [0.15, 0.2) is 0 Å². The first-order valence-electron chi connectivity index (χ1n) is 6.91. The lowest BCUT2D eigenvalue weighted by molar-refractivity contribution is -0.150. The third kappa shape index (κ3) is 4.06. The van der Waals surface area contributed by atoms with Crippen LogP contribution in [0.1, 0.15) is 51.3 Å². The Morgan fingerprint density at radius 1 is 1.47 bits per heavy atom. The van der Waals surface area contributed by atoms with Crippen LogP contribution in [0.5, 0.6) is 0 Å². The average Bonchev–Trinajstić information content (AvgIpc) is 2.87. The molecule has 1 aromatic rings. The molecule has 1 N–H and O–H groups in total. The fraction of sp³-hybridized carbons (Fsp3) is 0.714. The summed E-state index contributed by atoms with van der Waals surface area (Å²) in [5.41, 5.74) is 0.688. The van der Waals surface area contributed by atoms with Crippen molar-refractivity contribution >= 4 is 5.97 Å². The van der Waals surface area contributed by atoms with Crippen LogP contribution in [0.15, 0.2) is 12.5 Å². The molecule has 0 aromatic carbocycles. The van der Waals surface area contributed by atoms with E-state index in [1.165, 1.54) is 7.11 Å². The van der Waals surface area contributed by atoms with Crippen molar-refractivity contribution in [3.8, 4) is 0 Å². The van der Waals surface area contributed by atoms with Gasteiger partial charge in [-0.1, -0.05) is 26.7 Å². The number of carbonyl (C=O) groups excluding carboxylic acids is 1. The molecule has 0 saturated heterocycles. The van der Waals surface area contributed by atoms with E-state index in [9.17, 15) is 9.90 Å². The number of esters is 1. The van der Waals surface area contributed by atoms with Crippen molar-refractivity contribution in [2.75, 3.05) is 7.11 Å².